The van der Waals surface area contributed by atoms with Crippen molar-refractivity contribution in [2.45, 2.75) is 18.9 Å². The maximum absolute atomic E-state index is 6.05. The van der Waals surface area contributed by atoms with Gasteiger partial charge in [0.25, 0.3) is 0 Å². The smallest absolute Gasteiger partial charge is 0.0654 e. The van der Waals surface area contributed by atoms with E-state index in [1.807, 2.05) is 6.08 Å². The van der Waals surface area contributed by atoms with Gasteiger partial charge in [0.05, 0.1) is 10.0 Å². The number of allylic oxidation sites excluding steroid dienone is 1. The van der Waals surface area contributed by atoms with Gasteiger partial charge < -0.3 is 5.73 Å². The van der Waals surface area contributed by atoms with Crippen molar-refractivity contribution in [2.24, 2.45) is 5.73 Å². The SMILES string of the molecule is C=CCC[C@H](N)c1c(Cl)ccc(Cl)c1Cl. The van der Waals surface area contributed by atoms with Gasteiger partial charge in [-0.15, -0.1) is 6.58 Å². The molecule has 0 saturated heterocycles. The third kappa shape index (κ3) is 3.12. The fraction of sp³-hybridized carbons (Fsp3) is 0.273. The van der Waals surface area contributed by atoms with Gasteiger partial charge in [-0.3, -0.25) is 0 Å². The van der Waals surface area contributed by atoms with Crippen molar-refractivity contribution in [1.82, 2.24) is 0 Å². The summed E-state index contributed by atoms with van der Waals surface area (Å²) in [5.74, 6) is 0. The van der Waals surface area contributed by atoms with Crippen LogP contribution in [0.2, 0.25) is 15.1 Å². The molecule has 0 heterocycles. The van der Waals surface area contributed by atoms with Crippen molar-refractivity contribution in [3.05, 3.63) is 45.4 Å². The lowest BCUT2D eigenvalue weighted by atomic mass is 10.0. The molecule has 0 saturated carbocycles. The maximum Gasteiger partial charge on any atom is 0.0654 e. The summed E-state index contributed by atoms with van der Waals surface area (Å²) in [7, 11) is 0. The Morgan fingerprint density at radius 3 is 2.47 bits per heavy atom. The third-order valence-electron chi connectivity index (χ3n) is 2.13. The molecule has 0 unspecified atom stereocenters. The fourth-order valence-corrected chi connectivity index (χ4v) is 2.14. The number of benzene rings is 1. The average molecular weight is 265 g/mol. The van der Waals surface area contributed by atoms with Crippen LogP contribution in [0.1, 0.15) is 24.4 Å². The first-order chi connectivity index (χ1) is 7.07. The molecule has 1 rings (SSSR count). The van der Waals surface area contributed by atoms with Crippen molar-refractivity contribution < 1.29 is 0 Å². The van der Waals surface area contributed by atoms with E-state index in [1.54, 1.807) is 12.1 Å². The number of hydrogen-bond donors (Lipinski definition) is 1. The van der Waals surface area contributed by atoms with Crippen LogP contribution in [0.15, 0.2) is 24.8 Å². The third-order valence-corrected chi connectivity index (χ3v) is 3.28. The van der Waals surface area contributed by atoms with E-state index in [2.05, 4.69) is 6.58 Å². The highest BCUT2D eigenvalue weighted by Gasteiger charge is 2.15. The van der Waals surface area contributed by atoms with Gasteiger partial charge in [0.2, 0.25) is 0 Å². The van der Waals surface area contributed by atoms with Crippen LogP contribution in [0.4, 0.5) is 0 Å². The second kappa shape index (κ2) is 5.76. The van der Waals surface area contributed by atoms with Crippen LogP contribution in [-0.4, -0.2) is 0 Å². The Balaban J connectivity index is 3.01. The molecule has 4 heteroatoms. The molecule has 0 aliphatic carbocycles. The summed E-state index contributed by atoms with van der Waals surface area (Å²) in [5.41, 5.74) is 6.69. The van der Waals surface area contributed by atoms with Crippen LogP contribution in [0.3, 0.4) is 0 Å². The van der Waals surface area contributed by atoms with E-state index in [0.717, 1.165) is 12.8 Å². The highest BCUT2D eigenvalue weighted by molar-refractivity contribution is 6.44. The molecule has 1 aromatic rings. The Morgan fingerprint density at radius 1 is 1.27 bits per heavy atom. The van der Waals surface area contributed by atoms with Gasteiger partial charge in [-0.2, -0.15) is 0 Å². The Morgan fingerprint density at radius 2 is 1.87 bits per heavy atom. The molecule has 1 aromatic carbocycles. The minimum absolute atomic E-state index is 0.207. The van der Waals surface area contributed by atoms with Gasteiger partial charge in [0, 0.05) is 16.6 Å². The highest BCUT2D eigenvalue weighted by Crippen LogP contribution is 2.36. The summed E-state index contributed by atoms with van der Waals surface area (Å²) in [6.07, 6.45) is 3.38. The maximum atomic E-state index is 6.05. The van der Waals surface area contributed by atoms with Crippen LogP contribution in [0.5, 0.6) is 0 Å². The molecule has 0 bridgehead atoms. The lowest BCUT2D eigenvalue weighted by Gasteiger charge is -2.15. The zero-order chi connectivity index (χ0) is 11.4. The van der Waals surface area contributed by atoms with Gasteiger partial charge in [0.15, 0.2) is 0 Å². The molecule has 1 nitrogen and oxygen atoms in total. The van der Waals surface area contributed by atoms with Crippen molar-refractivity contribution in [3.63, 3.8) is 0 Å². The molecule has 0 aliphatic rings. The topological polar surface area (TPSA) is 26.0 Å². The zero-order valence-corrected chi connectivity index (χ0v) is 10.4. The minimum Gasteiger partial charge on any atom is -0.324 e. The highest BCUT2D eigenvalue weighted by atomic mass is 35.5. The number of nitrogens with two attached hydrogens (primary N) is 1. The summed E-state index contributed by atoms with van der Waals surface area (Å²) in [6, 6.07) is 3.16. The van der Waals surface area contributed by atoms with Crippen molar-refractivity contribution in [1.29, 1.82) is 0 Å². The molecular weight excluding hydrogens is 252 g/mol. The lowest BCUT2D eigenvalue weighted by Crippen LogP contribution is -2.11. The van der Waals surface area contributed by atoms with E-state index in [4.69, 9.17) is 40.5 Å². The van der Waals surface area contributed by atoms with Crippen LogP contribution in [-0.2, 0) is 0 Å². The summed E-state index contributed by atoms with van der Waals surface area (Å²) in [6.45, 7) is 3.64. The predicted molar refractivity (Wildman–Crippen MR) is 67.8 cm³/mol. The first-order valence-electron chi connectivity index (χ1n) is 4.57. The van der Waals surface area contributed by atoms with Crippen LogP contribution in [0.25, 0.3) is 0 Å². The molecule has 0 fully saturated rings. The van der Waals surface area contributed by atoms with Crippen molar-refractivity contribution >= 4 is 34.8 Å². The fourth-order valence-electron chi connectivity index (χ4n) is 1.32. The number of halogens is 3. The molecule has 0 spiro atoms. The van der Waals surface area contributed by atoms with Crippen molar-refractivity contribution in [2.75, 3.05) is 0 Å². The lowest BCUT2D eigenvalue weighted by molar-refractivity contribution is 0.662. The summed E-state index contributed by atoms with van der Waals surface area (Å²) in [5, 5.41) is 1.48. The van der Waals surface area contributed by atoms with E-state index < -0.39 is 0 Å². The molecule has 2 N–H and O–H groups in total. The van der Waals surface area contributed by atoms with Crippen LogP contribution in [0, 0.1) is 0 Å². The second-order valence-corrected chi connectivity index (χ2v) is 4.42. The van der Waals surface area contributed by atoms with Crippen molar-refractivity contribution in [3.8, 4) is 0 Å². The number of hydrogen-bond acceptors (Lipinski definition) is 1. The minimum atomic E-state index is -0.207. The summed E-state index contributed by atoms with van der Waals surface area (Å²) < 4.78 is 0. The monoisotopic (exact) mass is 263 g/mol. The summed E-state index contributed by atoms with van der Waals surface area (Å²) in [4.78, 5) is 0. The predicted octanol–water partition coefficient (Wildman–Crippen LogP) is 4.61. The number of rotatable bonds is 4. The molecule has 0 aromatic heterocycles. The normalized spacial score (nSPS) is 12.5. The Kier molecular flexibility index (Phi) is 4.94. The quantitative estimate of drug-likeness (QED) is 0.623. The Bertz CT molecular complexity index is 363. The molecule has 0 radical (unpaired) electrons. The molecule has 0 aliphatic heterocycles. The summed E-state index contributed by atoms with van der Waals surface area (Å²) >= 11 is 18.0. The first kappa shape index (κ1) is 12.9. The van der Waals surface area contributed by atoms with Crippen LogP contribution >= 0.6 is 34.8 Å². The second-order valence-electron chi connectivity index (χ2n) is 3.23. The largest absolute Gasteiger partial charge is 0.324 e. The van der Waals surface area contributed by atoms with Gasteiger partial charge in [-0.05, 0) is 25.0 Å². The Labute approximate surface area is 105 Å². The molecule has 1 atom stereocenters. The van der Waals surface area contributed by atoms with Gasteiger partial charge in [0.1, 0.15) is 0 Å². The van der Waals surface area contributed by atoms with Crippen LogP contribution < -0.4 is 5.73 Å². The Hall–Kier alpha value is -0.210. The molecule has 15 heavy (non-hydrogen) atoms. The van der Waals surface area contributed by atoms with Gasteiger partial charge >= 0.3 is 0 Å². The zero-order valence-electron chi connectivity index (χ0n) is 8.14. The van der Waals surface area contributed by atoms with E-state index in [9.17, 15) is 0 Å². The van der Waals surface area contributed by atoms with E-state index in [1.165, 1.54) is 0 Å². The van der Waals surface area contributed by atoms with Gasteiger partial charge in [-0.1, -0.05) is 40.9 Å². The van der Waals surface area contributed by atoms with Gasteiger partial charge in [-0.25, -0.2) is 0 Å². The molecular formula is C11H12Cl3N. The standard InChI is InChI=1S/C11H12Cl3N/c1-2-3-4-9(15)10-7(12)5-6-8(13)11(10)14/h2,5-6,9H,1,3-4,15H2/t9-/m0/s1. The molecule has 0 amide bonds. The molecule has 82 valence electrons. The van der Waals surface area contributed by atoms with E-state index in [-0.39, 0.29) is 6.04 Å². The average Bonchev–Trinajstić information content (AvgIpc) is 2.21. The van der Waals surface area contributed by atoms with E-state index in [0.29, 0.717) is 20.6 Å². The first-order valence-corrected chi connectivity index (χ1v) is 5.71. The van der Waals surface area contributed by atoms with E-state index >= 15 is 0 Å².